The molecule has 5 heteroatoms. The molecule has 0 atom stereocenters. The van der Waals surface area contributed by atoms with Crippen LogP contribution in [0.15, 0.2) is 31.0 Å². The van der Waals surface area contributed by atoms with E-state index in [1.54, 1.807) is 17.1 Å². The van der Waals surface area contributed by atoms with E-state index in [0.29, 0.717) is 10.8 Å². The van der Waals surface area contributed by atoms with Gasteiger partial charge in [0.15, 0.2) is 5.82 Å². The van der Waals surface area contributed by atoms with Crippen molar-refractivity contribution < 1.29 is 0 Å². The number of pyridine rings is 1. The molecule has 2 heterocycles. The third kappa shape index (κ3) is 3.31. The number of hydrogen-bond acceptors (Lipinski definition) is 3. The zero-order chi connectivity index (χ0) is 13.2. The second kappa shape index (κ2) is 5.08. The molecule has 0 aliphatic carbocycles. The Kier molecular flexibility index (Phi) is 3.68. The van der Waals surface area contributed by atoms with E-state index in [-0.39, 0.29) is 5.54 Å². The fourth-order valence-electron chi connectivity index (χ4n) is 1.51. The number of aromatic nitrogens is 3. The van der Waals surface area contributed by atoms with E-state index in [4.69, 9.17) is 11.6 Å². The van der Waals surface area contributed by atoms with Gasteiger partial charge in [-0.05, 0) is 32.4 Å². The van der Waals surface area contributed by atoms with Crippen LogP contribution < -0.4 is 5.32 Å². The van der Waals surface area contributed by atoms with Crippen LogP contribution in [-0.4, -0.2) is 20.1 Å². The highest BCUT2D eigenvalue weighted by molar-refractivity contribution is 6.32. The predicted octanol–water partition coefficient (Wildman–Crippen LogP) is 2.81. The zero-order valence-corrected chi connectivity index (χ0v) is 11.6. The van der Waals surface area contributed by atoms with Gasteiger partial charge in [0.1, 0.15) is 6.33 Å². The van der Waals surface area contributed by atoms with Gasteiger partial charge in [-0.1, -0.05) is 11.6 Å². The summed E-state index contributed by atoms with van der Waals surface area (Å²) < 4.78 is 1.79. The lowest BCUT2D eigenvalue weighted by Crippen LogP contribution is -2.35. The highest BCUT2D eigenvalue weighted by atomic mass is 35.5. The number of imidazole rings is 1. The van der Waals surface area contributed by atoms with Gasteiger partial charge in [-0.15, -0.1) is 0 Å². The lowest BCUT2D eigenvalue weighted by molar-refractivity contribution is 0.424. The first-order chi connectivity index (χ1) is 8.46. The maximum atomic E-state index is 6.23. The third-order valence-corrected chi connectivity index (χ3v) is 2.73. The predicted molar refractivity (Wildman–Crippen MR) is 73.0 cm³/mol. The first kappa shape index (κ1) is 13.1. The van der Waals surface area contributed by atoms with Crippen molar-refractivity contribution >= 4 is 11.6 Å². The monoisotopic (exact) mass is 264 g/mol. The molecule has 4 nitrogen and oxygen atoms in total. The molecule has 0 radical (unpaired) electrons. The van der Waals surface area contributed by atoms with Crippen molar-refractivity contribution in [2.24, 2.45) is 0 Å². The van der Waals surface area contributed by atoms with Gasteiger partial charge in [0.2, 0.25) is 0 Å². The molecule has 0 aliphatic heterocycles. The largest absolute Gasteiger partial charge is 0.308 e. The fraction of sp³-hybridized carbons (Fsp3) is 0.385. The Morgan fingerprint density at radius 1 is 1.39 bits per heavy atom. The lowest BCUT2D eigenvalue weighted by Gasteiger charge is -2.20. The summed E-state index contributed by atoms with van der Waals surface area (Å²) in [4.78, 5) is 8.36. The molecule has 0 spiro atoms. The maximum Gasteiger partial charge on any atom is 0.156 e. The van der Waals surface area contributed by atoms with E-state index in [1.807, 2.05) is 18.5 Å². The van der Waals surface area contributed by atoms with Gasteiger partial charge in [-0.2, -0.15) is 0 Å². The molecule has 0 saturated carbocycles. The van der Waals surface area contributed by atoms with Gasteiger partial charge in [0.05, 0.1) is 5.02 Å². The maximum absolute atomic E-state index is 6.23. The van der Waals surface area contributed by atoms with Gasteiger partial charge in [0, 0.05) is 30.7 Å². The minimum absolute atomic E-state index is 0.0789. The number of nitrogens with zero attached hydrogens (tertiary/aromatic N) is 3. The SMILES string of the molecule is CC(C)(C)NCc1cnc(-n2ccnc2)c(Cl)c1. The third-order valence-electron chi connectivity index (χ3n) is 2.45. The highest BCUT2D eigenvalue weighted by Gasteiger charge is 2.10. The van der Waals surface area contributed by atoms with Crippen molar-refractivity contribution in [1.82, 2.24) is 19.9 Å². The number of halogens is 1. The molecule has 0 aromatic carbocycles. The molecule has 2 aromatic rings. The van der Waals surface area contributed by atoms with Crippen LogP contribution in [0, 0.1) is 0 Å². The van der Waals surface area contributed by atoms with Crippen LogP contribution >= 0.6 is 11.6 Å². The van der Waals surface area contributed by atoms with Crippen molar-refractivity contribution in [3.05, 3.63) is 41.6 Å². The topological polar surface area (TPSA) is 42.7 Å². The fourth-order valence-corrected chi connectivity index (χ4v) is 1.80. The molecule has 0 fully saturated rings. The summed E-state index contributed by atoms with van der Waals surface area (Å²) in [5.74, 6) is 0.702. The van der Waals surface area contributed by atoms with Crippen LogP contribution in [0.2, 0.25) is 5.02 Å². The Morgan fingerprint density at radius 3 is 2.72 bits per heavy atom. The molecular formula is C13H17ClN4. The molecule has 0 amide bonds. The minimum Gasteiger partial charge on any atom is -0.308 e. The van der Waals surface area contributed by atoms with E-state index < -0.39 is 0 Å². The van der Waals surface area contributed by atoms with Crippen LogP contribution in [-0.2, 0) is 6.54 Å². The van der Waals surface area contributed by atoms with Gasteiger partial charge >= 0.3 is 0 Å². The molecule has 0 saturated heterocycles. The van der Waals surface area contributed by atoms with E-state index >= 15 is 0 Å². The second-order valence-electron chi connectivity index (χ2n) is 5.22. The van der Waals surface area contributed by atoms with Gasteiger partial charge in [0.25, 0.3) is 0 Å². The average molecular weight is 265 g/mol. The highest BCUT2D eigenvalue weighted by Crippen LogP contribution is 2.19. The van der Waals surface area contributed by atoms with E-state index in [9.17, 15) is 0 Å². The van der Waals surface area contributed by atoms with Gasteiger partial charge in [-0.25, -0.2) is 9.97 Å². The Bertz CT molecular complexity index is 514. The van der Waals surface area contributed by atoms with E-state index in [1.165, 1.54) is 0 Å². The van der Waals surface area contributed by atoms with Crippen molar-refractivity contribution in [2.75, 3.05) is 0 Å². The average Bonchev–Trinajstić information content (AvgIpc) is 2.79. The van der Waals surface area contributed by atoms with Crippen LogP contribution in [0.4, 0.5) is 0 Å². The Morgan fingerprint density at radius 2 is 2.17 bits per heavy atom. The van der Waals surface area contributed by atoms with Gasteiger partial charge < -0.3 is 5.32 Å². The van der Waals surface area contributed by atoms with Crippen molar-refractivity contribution in [1.29, 1.82) is 0 Å². The normalized spacial score (nSPS) is 11.8. The zero-order valence-electron chi connectivity index (χ0n) is 10.8. The van der Waals surface area contributed by atoms with Crippen LogP contribution in [0.3, 0.4) is 0 Å². The molecule has 96 valence electrons. The number of hydrogen-bond donors (Lipinski definition) is 1. The minimum atomic E-state index is 0.0789. The summed E-state index contributed by atoms with van der Waals surface area (Å²) in [6, 6.07) is 1.93. The number of rotatable bonds is 3. The Balaban J connectivity index is 2.15. The molecule has 18 heavy (non-hydrogen) atoms. The molecule has 1 N–H and O–H groups in total. The van der Waals surface area contributed by atoms with E-state index in [2.05, 4.69) is 36.1 Å². The Hall–Kier alpha value is -1.39. The lowest BCUT2D eigenvalue weighted by atomic mass is 10.1. The summed E-state index contributed by atoms with van der Waals surface area (Å²) in [5.41, 5.74) is 1.15. The van der Waals surface area contributed by atoms with Crippen LogP contribution in [0.5, 0.6) is 0 Å². The molecule has 2 rings (SSSR count). The molecule has 2 aromatic heterocycles. The van der Waals surface area contributed by atoms with Crippen molar-refractivity contribution in [2.45, 2.75) is 32.9 Å². The van der Waals surface area contributed by atoms with Crippen LogP contribution in [0.25, 0.3) is 5.82 Å². The molecular weight excluding hydrogens is 248 g/mol. The molecule has 0 bridgehead atoms. The molecule has 0 aliphatic rings. The molecule has 0 unspecified atom stereocenters. The standard InChI is InChI=1S/C13H17ClN4/c1-13(2,3)17-8-10-6-11(14)12(16-7-10)18-5-4-15-9-18/h4-7,9,17H,8H2,1-3H3. The first-order valence-electron chi connectivity index (χ1n) is 5.83. The number of nitrogens with one attached hydrogen (secondary N) is 1. The quantitative estimate of drug-likeness (QED) is 0.927. The van der Waals surface area contributed by atoms with E-state index in [0.717, 1.165) is 12.1 Å². The van der Waals surface area contributed by atoms with Crippen molar-refractivity contribution in [3.63, 3.8) is 0 Å². The smallest absolute Gasteiger partial charge is 0.156 e. The summed E-state index contributed by atoms with van der Waals surface area (Å²) in [6.07, 6.45) is 7.04. The summed E-state index contributed by atoms with van der Waals surface area (Å²) in [5, 5.41) is 4.03. The summed E-state index contributed by atoms with van der Waals surface area (Å²) in [7, 11) is 0. The Labute approximate surface area is 112 Å². The summed E-state index contributed by atoms with van der Waals surface area (Å²) in [6.45, 7) is 7.13. The second-order valence-corrected chi connectivity index (χ2v) is 5.63. The first-order valence-corrected chi connectivity index (χ1v) is 6.21. The van der Waals surface area contributed by atoms with Gasteiger partial charge in [-0.3, -0.25) is 4.57 Å². The summed E-state index contributed by atoms with van der Waals surface area (Å²) >= 11 is 6.23. The van der Waals surface area contributed by atoms with Crippen molar-refractivity contribution in [3.8, 4) is 5.82 Å². The van der Waals surface area contributed by atoms with Crippen LogP contribution in [0.1, 0.15) is 26.3 Å².